The number of anilines is 1. The van der Waals surface area contributed by atoms with E-state index in [0.717, 1.165) is 26.5 Å². The zero-order chi connectivity index (χ0) is 20.9. The fourth-order valence-electron chi connectivity index (χ4n) is 3.08. The van der Waals surface area contributed by atoms with Gasteiger partial charge >= 0.3 is 0 Å². The molecule has 0 fully saturated rings. The molecule has 0 aliphatic rings. The highest BCUT2D eigenvalue weighted by Crippen LogP contribution is 2.23. The molecular formula is C24H19BrN2O3. The Morgan fingerprint density at radius 2 is 1.80 bits per heavy atom. The molecule has 4 aromatic rings. The van der Waals surface area contributed by atoms with Gasteiger partial charge in [0.15, 0.2) is 0 Å². The number of nitrogens with zero attached hydrogens (tertiary/aromatic N) is 1. The van der Waals surface area contributed by atoms with Crippen LogP contribution in [0.3, 0.4) is 0 Å². The van der Waals surface area contributed by atoms with E-state index in [0.29, 0.717) is 11.3 Å². The molecule has 150 valence electrons. The minimum atomic E-state index is -0.734. The van der Waals surface area contributed by atoms with Crippen molar-refractivity contribution >= 4 is 38.3 Å². The SMILES string of the molecule is O=C(Nc1cccc2cnccc12)c1ccc(OCC(O)c2ccc(Br)cc2)cc1. The number of halogens is 1. The Balaban J connectivity index is 1.39. The molecule has 1 aromatic heterocycles. The van der Waals surface area contributed by atoms with Crippen LogP contribution in [0.4, 0.5) is 5.69 Å². The standard InChI is InChI=1S/C24H19BrN2O3/c25-19-8-4-16(5-9-19)23(28)15-30-20-10-6-17(7-11-20)24(29)27-22-3-1-2-18-14-26-13-12-21(18)22/h1-14,23,28H,15H2,(H,27,29). The number of amides is 1. The molecule has 1 amide bonds. The molecule has 1 heterocycles. The lowest BCUT2D eigenvalue weighted by molar-refractivity contribution is 0.102. The molecule has 0 saturated carbocycles. The van der Waals surface area contributed by atoms with Crippen LogP contribution >= 0.6 is 15.9 Å². The second-order valence-corrected chi connectivity index (χ2v) is 7.67. The molecule has 3 aromatic carbocycles. The van der Waals surface area contributed by atoms with Crippen molar-refractivity contribution in [3.8, 4) is 5.75 Å². The largest absolute Gasteiger partial charge is 0.491 e. The van der Waals surface area contributed by atoms with Crippen molar-refractivity contribution in [3.05, 3.63) is 101 Å². The van der Waals surface area contributed by atoms with Gasteiger partial charge in [0.05, 0.1) is 0 Å². The molecule has 0 aliphatic carbocycles. The molecule has 0 radical (unpaired) electrons. The Morgan fingerprint density at radius 1 is 1.03 bits per heavy atom. The summed E-state index contributed by atoms with van der Waals surface area (Å²) >= 11 is 3.37. The van der Waals surface area contributed by atoms with E-state index < -0.39 is 6.10 Å². The number of hydrogen-bond donors (Lipinski definition) is 2. The minimum absolute atomic E-state index is 0.122. The Hall–Kier alpha value is -3.22. The number of pyridine rings is 1. The molecule has 0 aliphatic heterocycles. The molecule has 1 atom stereocenters. The first-order chi connectivity index (χ1) is 14.6. The molecule has 2 N–H and O–H groups in total. The van der Waals surface area contributed by atoms with Gasteiger partial charge < -0.3 is 15.2 Å². The highest BCUT2D eigenvalue weighted by molar-refractivity contribution is 9.10. The van der Waals surface area contributed by atoms with Crippen LogP contribution in [-0.2, 0) is 0 Å². The molecule has 1 unspecified atom stereocenters. The summed E-state index contributed by atoms with van der Waals surface area (Å²) in [6.07, 6.45) is 2.73. The number of hydrogen-bond acceptors (Lipinski definition) is 4. The Labute approximate surface area is 182 Å². The summed E-state index contributed by atoms with van der Waals surface area (Å²) in [5, 5.41) is 15.1. The van der Waals surface area contributed by atoms with E-state index in [1.54, 1.807) is 36.7 Å². The average molecular weight is 463 g/mol. The van der Waals surface area contributed by atoms with E-state index in [1.165, 1.54) is 0 Å². The fourth-order valence-corrected chi connectivity index (χ4v) is 3.35. The summed E-state index contributed by atoms with van der Waals surface area (Å²) in [5.74, 6) is 0.375. The van der Waals surface area contributed by atoms with Crippen molar-refractivity contribution in [1.29, 1.82) is 0 Å². The van der Waals surface area contributed by atoms with Gasteiger partial charge in [0.1, 0.15) is 18.5 Å². The summed E-state index contributed by atoms with van der Waals surface area (Å²) in [5.41, 5.74) is 2.03. The molecule has 30 heavy (non-hydrogen) atoms. The monoisotopic (exact) mass is 462 g/mol. The maximum absolute atomic E-state index is 12.6. The third-order valence-corrected chi connectivity index (χ3v) is 5.24. The number of aliphatic hydroxyl groups excluding tert-OH is 1. The molecule has 4 rings (SSSR count). The van der Waals surface area contributed by atoms with Gasteiger partial charge in [0.25, 0.3) is 5.91 Å². The first kappa shape index (κ1) is 20.1. The van der Waals surface area contributed by atoms with Crippen molar-refractivity contribution in [2.24, 2.45) is 0 Å². The minimum Gasteiger partial charge on any atom is -0.491 e. The van der Waals surface area contributed by atoms with Gasteiger partial charge in [0.2, 0.25) is 0 Å². The number of benzene rings is 3. The van der Waals surface area contributed by atoms with E-state index in [4.69, 9.17) is 4.74 Å². The zero-order valence-corrected chi connectivity index (χ0v) is 17.5. The molecular weight excluding hydrogens is 444 g/mol. The lowest BCUT2D eigenvalue weighted by Crippen LogP contribution is -2.12. The van der Waals surface area contributed by atoms with E-state index in [2.05, 4.69) is 26.2 Å². The van der Waals surface area contributed by atoms with Crippen LogP contribution < -0.4 is 10.1 Å². The number of aromatic nitrogens is 1. The quantitative estimate of drug-likeness (QED) is 0.404. The summed E-state index contributed by atoms with van der Waals surface area (Å²) in [6.45, 7) is 0.122. The molecule has 5 nitrogen and oxygen atoms in total. The van der Waals surface area contributed by atoms with Gasteiger partial charge in [-0.3, -0.25) is 9.78 Å². The fraction of sp³-hybridized carbons (Fsp3) is 0.0833. The van der Waals surface area contributed by atoms with Crippen LogP contribution in [0.5, 0.6) is 5.75 Å². The van der Waals surface area contributed by atoms with Crippen LogP contribution in [0.15, 0.2) is 89.7 Å². The van der Waals surface area contributed by atoms with Gasteiger partial charge in [-0.15, -0.1) is 0 Å². The molecule has 6 heteroatoms. The van der Waals surface area contributed by atoms with E-state index in [9.17, 15) is 9.90 Å². The van der Waals surface area contributed by atoms with Crippen molar-refractivity contribution in [2.75, 3.05) is 11.9 Å². The van der Waals surface area contributed by atoms with Crippen LogP contribution in [0.2, 0.25) is 0 Å². The molecule has 0 saturated heterocycles. The van der Waals surface area contributed by atoms with Crippen LogP contribution in [0.25, 0.3) is 10.8 Å². The summed E-state index contributed by atoms with van der Waals surface area (Å²) < 4.78 is 6.61. The number of carbonyl (C=O) groups excluding carboxylic acids is 1. The number of rotatable bonds is 6. The van der Waals surface area contributed by atoms with E-state index >= 15 is 0 Å². The highest BCUT2D eigenvalue weighted by Gasteiger charge is 2.11. The van der Waals surface area contributed by atoms with Crippen molar-refractivity contribution in [3.63, 3.8) is 0 Å². The number of aliphatic hydroxyl groups is 1. The summed E-state index contributed by atoms with van der Waals surface area (Å²) in [6, 6.07) is 21.8. The Morgan fingerprint density at radius 3 is 2.57 bits per heavy atom. The maximum Gasteiger partial charge on any atom is 0.255 e. The first-order valence-corrected chi connectivity index (χ1v) is 10.2. The maximum atomic E-state index is 12.6. The number of carbonyl (C=O) groups is 1. The topological polar surface area (TPSA) is 71.5 Å². The Bertz CT molecular complexity index is 1160. The molecule has 0 spiro atoms. The average Bonchev–Trinajstić information content (AvgIpc) is 2.78. The van der Waals surface area contributed by atoms with Crippen LogP contribution in [-0.4, -0.2) is 22.6 Å². The van der Waals surface area contributed by atoms with E-state index in [-0.39, 0.29) is 12.5 Å². The van der Waals surface area contributed by atoms with Gasteiger partial charge in [0, 0.05) is 38.9 Å². The smallest absolute Gasteiger partial charge is 0.255 e. The highest BCUT2D eigenvalue weighted by atomic mass is 79.9. The van der Waals surface area contributed by atoms with Crippen molar-refractivity contribution in [1.82, 2.24) is 4.98 Å². The first-order valence-electron chi connectivity index (χ1n) is 9.40. The van der Waals surface area contributed by atoms with Gasteiger partial charge in [-0.1, -0.05) is 40.2 Å². The number of ether oxygens (including phenoxy) is 1. The van der Waals surface area contributed by atoms with Crippen LogP contribution in [0.1, 0.15) is 22.0 Å². The summed E-state index contributed by atoms with van der Waals surface area (Å²) in [4.78, 5) is 16.7. The predicted molar refractivity (Wildman–Crippen MR) is 121 cm³/mol. The lowest BCUT2D eigenvalue weighted by atomic mass is 10.1. The van der Waals surface area contributed by atoms with E-state index in [1.807, 2.05) is 48.5 Å². The predicted octanol–water partition coefficient (Wildman–Crippen LogP) is 5.36. The number of fused-ring (bicyclic) bond motifs is 1. The Kier molecular flexibility index (Phi) is 6.07. The summed E-state index contributed by atoms with van der Waals surface area (Å²) in [7, 11) is 0. The zero-order valence-electron chi connectivity index (χ0n) is 16.0. The van der Waals surface area contributed by atoms with Crippen molar-refractivity contribution in [2.45, 2.75) is 6.10 Å². The lowest BCUT2D eigenvalue weighted by Gasteiger charge is -2.13. The normalized spacial score (nSPS) is 11.8. The third-order valence-electron chi connectivity index (χ3n) is 4.71. The van der Waals surface area contributed by atoms with Gasteiger partial charge in [-0.2, -0.15) is 0 Å². The van der Waals surface area contributed by atoms with Crippen LogP contribution in [0, 0.1) is 0 Å². The van der Waals surface area contributed by atoms with Gasteiger partial charge in [-0.25, -0.2) is 0 Å². The number of nitrogens with one attached hydrogen (secondary N) is 1. The second-order valence-electron chi connectivity index (χ2n) is 6.76. The second kappa shape index (κ2) is 9.07. The molecule has 0 bridgehead atoms. The third kappa shape index (κ3) is 4.67. The van der Waals surface area contributed by atoms with Gasteiger partial charge in [-0.05, 0) is 54.1 Å². The van der Waals surface area contributed by atoms with Crippen molar-refractivity contribution < 1.29 is 14.6 Å².